The van der Waals surface area contributed by atoms with Gasteiger partial charge in [-0.3, -0.25) is 4.90 Å². The van der Waals surface area contributed by atoms with Crippen molar-refractivity contribution >= 4 is 39.0 Å². The van der Waals surface area contributed by atoms with Gasteiger partial charge in [0.05, 0.1) is 23.4 Å². The Kier molecular flexibility index (Phi) is 5.11. The second-order valence-electron chi connectivity index (χ2n) is 6.87. The lowest BCUT2D eigenvalue weighted by Gasteiger charge is -2.39. The van der Waals surface area contributed by atoms with Crippen molar-refractivity contribution in [2.24, 2.45) is 0 Å². The predicted octanol–water partition coefficient (Wildman–Crippen LogP) is 2.36. The summed E-state index contributed by atoms with van der Waals surface area (Å²) in [5, 5.41) is 3.81. The molecule has 2 atom stereocenters. The van der Waals surface area contributed by atoms with Crippen LogP contribution in [0.3, 0.4) is 0 Å². The van der Waals surface area contributed by atoms with Crippen molar-refractivity contribution < 1.29 is 4.74 Å². The second kappa shape index (κ2) is 7.32. The number of rotatable bonds is 3. The molecule has 1 N–H and O–H groups in total. The fraction of sp³-hybridized carbons (Fsp3) is 0.647. The molecule has 2 fully saturated rings. The molecule has 4 rings (SSSR count). The maximum Gasteiger partial charge on any atom is 0.224 e. The van der Waals surface area contributed by atoms with Gasteiger partial charge in [0, 0.05) is 49.7 Å². The van der Waals surface area contributed by atoms with Crippen molar-refractivity contribution in [1.82, 2.24) is 20.2 Å². The van der Waals surface area contributed by atoms with Gasteiger partial charge >= 0.3 is 0 Å². The molecular weight excluding hydrogens is 358 g/mol. The minimum absolute atomic E-state index is 0.322. The molecule has 2 aliphatic heterocycles. The number of hydrogen-bond donors (Lipinski definition) is 1. The van der Waals surface area contributed by atoms with Crippen LogP contribution in [0.5, 0.6) is 0 Å². The smallest absolute Gasteiger partial charge is 0.224 e. The number of thiophene rings is 1. The van der Waals surface area contributed by atoms with E-state index in [1.807, 2.05) is 0 Å². The molecule has 2 aromatic heterocycles. The molecule has 25 heavy (non-hydrogen) atoms. The van der Waals surface area contributed by atoms with E-state index in [9.17, 15) is 0 Å². The van der Waals surface area contributed by atoms with E-state index in [1.54, 1.807) is 11.3 Å². The Morgan fingerprint density at radius 2 is 1.96 bits per heavy atom. The third-order valence-corrected chi connectivity index (χ3v) is 6.31. The summed E-state index contributed by atoms with van der Waals surface area (Å²) in [7, 11) is 0. The largest absolute Gasteiger partial charge is 0.378 e. The van der Waals surface area contributed by atoms with Gasteiger partial charge < -0.3 is 15.0 Å². The standard InChI is InChI=1S/C17H24ClN5OS/c1-11-8-19-9-12(2)23(11)10-13-7-14-15(25-13)16(21-17(18)20-14)22-3-5-24-6-4-22/h7,11-12,19H,3-6,8-10H2,1-2H3/t11-,12+. The summed E-state index contributed by atoms with van der Waals surface area (Å²) in [6.07, 6.45) is 0. The summed E-state index contributed by atoms with van der Waals surface area (Å²) in [5.74, 6) is 0.955. The highest BCUT2D eigenvalue weighted by atomic mass is 35.5. The first kappa shape index (κ1) is 17.4. The van der Waals surface area contributed by atoms with Gasteiger partial charge in [0.1, 0.15) is 0 Å². The van der Waals surface area contributed by atoms with Crippen molar-refractivity contribution in [2.45, 2.75) is 32.5 Å². The maximum absolute atomic E-state index is 6.20. The van der Waals surface area contributed by atoms with Crippen molar-refractivity contribution in [3.05, 3.63) is 16.2 Å². The molecule has 0 saturated carbocycles. The van der Waals surface area contributed by atoms with E-state index in [0.717, 1.165) is 62.0 Å². The summed E-state index contributed by atoms with van der Waals surface area (Å²) in [4.78, 5) is 15.1. The molecule has 6 nitrogen and oxygen atoms in total. The van der Waals surface area contributed by atoms with Gasteiger partial charge in [-0.1, -0.05) is 0 Å². The number of nitrogens with zero attached hydrogens (tertiary/aromatic N) is 4. The Bertz CT molecular complexity index is 738. The molecule has 2 aliphatic rings. The van der Waals surface area contributed by atoms with E-state index in [0.29, 0.717) is 17.4 Å². The molecular formula is C17H24ClN5OS. The van der Waals surface area contributed by atoms with E-state index >= 15 is 0 Å². The maximum atomic E-state index is 6.20. The molecule has 4 heterocycles. The van der Waals surface area contributed by atoms with Gasteiger partial charge in [-0.15, -0.1) is 11.3 Å². The van der Waals surface area contributed by atoms with Crippen LogP contribution < -0.4 is 10.2 Å². The number of morpholine rings is 1. The molecule has 2 saturated heterocycles. The van der Waals surface area contributed by atoms with Crippen LogP contribution in [-0.2, 0) is 11.3 Å². The molecule has 0 unspecified atom stereocenters. The first-order chi connectivity index (χ1) is 12.1. The van der Waals surface area contributed by atoms with Crippen molar-refractivity contribution in [1.29, 1.82) is 0 Å². The minimum Gasteiger partial charge on any atom is -0.378 e. The minimum atomic E-state index is 0.322. The van der Waals surface area contributed by atoms with E-state index < -0.39 is 0 Å². The summed E-state index contributed by atoms with van der Waals surface area (Å²) in [6, 6.07) is 3.24. The molecule has 0 amide bonds. The molecule has 2 aromatic rings. The highest BCUT2D eigenvalue weighted by Crippen LogP contribution is 2.34. The zero-order valence-corrected chi connectivity index (χ0v) is 16.2. The number of nitrogens with one attached hydrogen (secondary N) is 1. The zero-order chi connectivity index (χ0) is 17.4. The van der Waals surface area contributed by atoms with E-state index in [-0.39, 0.29) is 0 Å². The normalized spacial score (nSPS) is 25.6. The van der Waals surface area contributed by atoms with E-state index in [2.05, 4.69) is 45.0 Å². The molecule has 0 aliphatic carbocycles. The van der Waals surface area contributed by atoms with Crippen LogP contribution in [-0.4, -0.2) is 66.3 Å². The van der Waals surface area contributed by atoms with Crippen molar-refractivity contribution in [3.8, 4) is 0 Å². The third-order valence-electron chi connectivity index (χ3n) is 5.04. The van der Waals surface area contributed by atoms with Gasteiger partial charge in [-0.2, -0.15) is 4.98 Å². The lowest BCUT2D eigenvalue weighted by atomic mass is 10.1. The molecule has 0 bridgehead atoms. The van der Waals surface area contributed by atoms with Crippen LogP contribution in [0.15, 0.2) is 6.07 Å². The lowest BCUT2D eigenvalue weighted by Crippen LogP contribution is -2.54. The number of halogens is 1. The molecule has 0 radical (unpaired) electrons. The molecule has 136 valence electrons. The Labute approximate surface area is 157 Å². The lowest BCUT2D eigenvalue weighted by molar-refractivity contribution is 0.110. The monoisotopic (exact) mass is 381 g/mol. The number of ether oxygens (including phenoxy) is 1. The van der Waals surface area contributed by atoms with Crippen LogP contribution in [0.2, 0.25) is 5.28 Å². The van der Waals surface area contributed by atoms with Gasteiger partial charge in [0.15, 0.2) is 5.82 Å². The Morgan fingerprint density at radius 1 is 1.24 bits per heavy atom. The Morgan fingerprint density at radius 3 is 2.68 bits per heavy atom. The van der Waals surface area contributed by atoms with E-state index in [4.69, 9.17) is 16.3 Å². The molecule has 0 aromatic carbocycles. The van der Waals surface area contributed by atoms with Crippen molar-refractivity contribution in [3.63, 3.8) is 0 Å². The van der Waals surface area contributed by atoms with Gasteiger partial charge in [0.2, 0.25) is 5.28 Å². The summed E-state index contributed by atoms with van der Waals surface area (Å²) in [6.45, 7) is 10.8. The van der Waals surface area contributed by atoms with Crippen molar-refractivity contribution in [2.75, 3.05) is 44.3 Å². The predicted molar refractivity (Wildman–Crippen MR) is 103 cm³/mol. The van der Waals surface area contributed by atoms with Crippen LogP contribution in [0.4, 0.5) is 5.82 Å². The quantitative estimate of drug-likeness (QED) is 0.824. The number of fused-ring (bicyclic) bond motifs is 1. The number of anilines is 1. The van der Waals surface area contributed by atoms with Crippen LogP contribution >= 0.6 is 22.9 Å². The highest BCUT2D eigenvalue weighted by Gasteiger charge is 2.26. The fourth-order valence-corrected chi connectivity index (χ4v) is 4.96. The average molecular weight is 382 g/mol. The number of aromatic nitrogens is 2. The number of hydrogen-bond acceptors (Lipinski definition) is 7. The van der Waals surface area contributed by atoms with Crippen LogP contribution in [0, 0.1) is 0 Å². The van der Waals surface area contributed by atoms with Crippen LogP contribution in [0.25, 0.3) is 10.2 Å². The van der Waals surface area contributed by atoms with Gasteiger partial charge in [-0.25, -0.2) is 4.98 Å². The fourth-order valence-electron chi connectivity index (χ4n) is 3.67. The summed E-state index contributed by atoms with van der Waals surface area (Å²) >= 11 is 7.99. The average Bonchev–Trinajstić information content (AvgIpc) is 3.00. The third kappa shape index (κ3) is 3.61. The highest BCUT2D eigenvalue weighted by molar-refractivity contribution is 7.19. The second-order valence-corrected chi connectivity index (χ2v) is 8.35. The Balaban J connectivity index is 1.65. The van der Waals surface area contributed by atoms with Crippen LogP contribution in [0.1, 0.15) is 18.7 Å². The summed E-state index contributed by atoms with van der Waals surface area (Å²) < 4.78 is 6.60. The summed E-state index contributed by atoms with van der Waals surface area (Å²) in [5.41, 5.74) is 0.955. The van der Waals surface area contributed by atoms with E-state index in [1.165, 1.54) is 4.88 Å². The topological polar surface area (TPSA) is 53.5 Å². The first-order valence-electron chi connectivity index (χ1n) is 8.87. The van der Waals surface area contributed by atoms with Gasteiger partial charge in [0.25, 0.3) is 0 Å². The molecule has 8 heteroatoms. The SMILES string of the molecule is C[C@@H]1CNC[C@H](C)N1Cc1cc2nc(Cl)nc(N3CCOCC3)c2s1. The Hall–Kier alpha value is -0.990. The molecule has 0 spiro atoms. The van der Waals surface area contributed by atoms with Gasteiger partial charge in [-0.05, 0) is 31.5 Å². The first-order valence-corrected chi connectivity index (χ1v) is 10.1. The zero-order valence-electron chi connectivity index (χ0n) is 14.7. The number of piperazine rings is 1.